The fourth-order valence-corrected chi connectivity index (χ4v) is 3.61. The Morgan fingerprint density at radius 2 is 2.00 bits per heavy atom. The average Bonchev–Trinajstić information content (AvgIpc) is 2.70. The van der Waals surface area contributed by atoms with Crippen molar-refractivity contribution in [3.8, 4) is 5.88 Å². The fourth-order valence-electron chi connectivity index (χ4n) is 3.61. The molecule has 4 rings (SSSR count). The van der Waals surface area contributed by atoms with Crippen LogP contribution in [0.2, 0.25) is 0 Å². The van der Waals surface area contributed by atoms with Gasteiger partial charge in [0.05, 0.1) is 17.9 Å². The third-order valence-corrected chi connectivity index (χ3v) is 5.14. The number of piperidine rings is 1. The molecule has 0 aliphatic carbocycles. The number of carbonyl (C=O) groups is 2. The van der Waals surface area contributed by atoms with E-state index in [-0.39, 0.29) is 24.5 Å². The predicted octanol–water partition coefficient (Wildman–Crippen LogP) is 2.22. The number of pyridine rings is 1. The molecular formula is C21H24N4O3. The number of carbonyl (C=O) groups excluding carboxylic acids is 2. The molecule has 1 fully saturated rings. The predicted molar refractivity (Wildman–Crippen MR) is 106 cm³/mol. The Kier molecular flexibility index (Phi) is 5.25. The number of nitrogens with one attached hydrogen (secondary N) is 1. The van der Waals surface area contributed by atoms with Gasteiger partial charge in [-0.05, 0) is 37.5 Å². The topological polar surface area (TPSA) is 74.8 Å². The Hall–Kier alpha value is -2.93. The molecule has 7 heteroatoms. The number of fused-ring (bicyclic) bond motifs is 1. The number of hydrogen-bond donors (Lipinski definition) is 1. The summed E-state index contributed by atoms with van der Waals surface area (Å²) in [4.78, 5) is 32.8. The molecule has 2 aliphatic rings. The molecule has 0 saturated carbocycles. The number of aromatic nitrogens is 1. The van der Waals surface area contributed by atoms with Gasteiger partial charge in [-0.3, -0.25) is 19.4 Å². The summed E-state index contributed by atoms with van der Waals surface area (Å²) >= 11 is 0. The summed E-state index contributed by atoms with van der Waals surface area (Å²) < 4.78 is 5.95. The zero-order valence-electron chi connectivity index (χ0n) is 15.9. The zero-order valence-corrected chi connectivity index (χ0v) is 15.9. The standard InChI is InChI=1S/C21H24N4O3/c1-15-6-7-20(22-12-15)28-16-8-10-24(11-9-16)14-21(27)25-13-19(26)23-17-4-2-3-5-18(17)25/h2-7,12,16H,8-11,13-14H2,1H3,(H,23,26). The number of para-hydroxylation sites is 2. The van der Waals surface area contributed by atoms with Crippen LogP contribution in [-0.2, 0) is 9.59 Å². The molecule has 28 heavy (non-hydrogen) atoms. The maximum atomic E-state index is 12.8. The highest BCUT2D eigenvalue weighted by Crippen LogP contribution is 2.29. The van der Waals surface area contributed by atoms with Crippen molar-refractivity contribution in [2.24, 2.45) is 0 Å². The Balaban J connectivity index is 1.32. The van der Waals surface area contributed by atoms with Gasteiger partial charge >= 0.3 is 0 Å². The van der Waals surface area contributed by atoms with Crippen molar-refractivity contribution in [2.45, 2.75) is 25.9 Å². The minimum atomic E-state index is -0.162. The van der Waals surface area contributed by atoms with Gasteiger partial charge < -0.3 is 10.1 Å². The summed E-state index contributed by atoms with van der Waals surface area (Å²) in [6, 6.07) is 11.3. The van der Waals surface area contributed by atoms with Gasteiger partial charge in [0.2, 0.25) is 17.7 Å². The van der Waals surface area contributed by atoms with Crippen LogP contribution < -0.4 is 15.0 Å². The molecule has 7 nitrogen and oxygen atoms in total. The summed E-state index contributed by atoms with van der Waals surface area (Å²) in [7, 11) is 0. The molecular weight excluding hydrogens is 356 g/mol. The molecule has 1 saturated heterocycles. The van der Waals surface area contributed by atoms with Crippen LogP contribution in [0, 0.1) is 6.92 Å². The zero-order chi connectivity index (χ0) is 19.5. The summed E-state index contributed by atoms with van der Waals surface area (Å²) in [6.45, 7) is 3.93. The SMILES string of the molecule is Cc1ccc(OC2CCN(CC(=O)N3CC(=O)Nc4ccccc43)CC2)nc1. The van der Waals surface area contributed by atoms with Crippen molar-refractivity contribution < 1.29 is 14.3 Å². The van der Waals surface area contributed by atoms with E-state index in [0.717, 1.165) is 37.2 Å². The number of amides is 2. The van der Waals surface area contributed by atoms with Crippen molar-refractivity contribution in [3.05, 3.63) is 48.2 Å². The van der Waals surface area contributed by atoms with Gasteiger partial charge in [-0.25, -0.2) is 4.98 Å². The number of ether oxygens (including phenoxy) is 1. The molecule has 2 aromatic rings. The molecule has 1 N–H and O–H groups in total. The second-order valence-corrected chi connectivity index (χ2v) is 7.31. The lowest BCUT2D eigenvalue weighted by molar-refractivity contribution is -0.123. The van der Waals surface area contributed by atoms with Crippen molar-refractivity contribution in [1.29, 1.82) is 0 Å². The van der Waals surface area contributed by atoms with Gasteiger partial charge in [-0.15, -0.1) is 0 Å². The molecule has 1 aromatic heterocycles. The molecule has 2 amide bonds. The van der Waals surface area contributed by atoms with E-state index in [9.17, 15) is 9.59 Å². The highest BCUT2D eigenvalue weighted by molar-refractivity contribution is 6.10. The Labute approximate surface area is 164 Å². The summed E-state index contributed by atoms with van der Waals surface area (Å²) in [6.07, 6.45) is 3.61. The number of hydrogen-bond acceptors (Lipinski definition) is 5. The van der Waals surface area contributed by atoms with Crippen molar-refractivity contribution in [1.82, 2.24) is 9.88 Å². The lowest BCUT2D eigenvalue weighted by Crippen LogP contribution is -2.48. The number of likely N-dealkylation sites (tertiary alicyclic amines) is 1. The van der Waals surface area contributed by atoms with E-state index in [1.165, 1.54) is 0 Å². The van der Waals surface area contributed by atoms with Gasteiger partial charge in [0.1, 0.15) is 12.6 Å². The van der Waals surface area contributed by atoms with Crippen molar-refractivity contribution in [2.75, 3.05) is 36.4 Å². The summed E-state index contributed by atoms with van der Waals surface area (Å²) in [5.74, 6) is 0.433. The third-order valence-electron chi connectivity index (χ3n) is 5.14. The van der Waals surface area contributed by atoms with Gasteiger partial charge in [0, 0.05) is 25.4 Å². The molecule has 0 radical (unpaired) electrons. The van der Waals surface area contributed by atoms with E-state index in [0.29, 0.717) is 18.1 Å². The quantitative estimate of drug-likeness (QED) is 0.880. The monoisotopic (exact) mass is 380 g/mol. The molecule has 2 aliphatic heterocycles. The van der Waals surface area contributed by atoms with E-state index in [2.05, 4.69) is 15.2 Å². The molecule has 146 valence electrons. The number of aryl methyl sites for hydroxylation is 1. The van der Waals surface area contributed by atoms with Gasteiger partial charge in [0.25, 0.3) is 0 Å². The van der Waals surface area contributed by atoms with Crippen LogP contribution in [0.1, 0.15) is 18.4 Å². The van der Waals surface area contributed by atoms with Crippen LogP contribution >= 0.6 is 0 Å². The maximum Gasteiger partial charge on any atom is 0.244 e. The van der Waals surface area contributed by atoms with E-state index < -0.39 is 0 Å². The second kappa shape index (κ2) is 7.98. The molecule has 0 spiro atoms. The highest BCUT2D eigenvalue weighted by atomic mass is 16.5. The summed E-state index contributed by atoms with van der Waals surface area (Å²) in [5.41, 5.74) is 2.55. The smallest absolute Gasteiger partial charge is 0.244 e. The van der Waals surface area contributed by atoms with Crippen LogP contribution in [0.25, 0.3) is 0 Å². The minimum absolute atomic E-state index is 0.0538. The molecule has 0 unspecified atom stereocenters. The van der Waals surface area contributed by atoms with E-state index >= 15 is 0 Å². The van der Waals surface area contributed by atoms with Crippen LogP contribution in [0.5, 0.6) is 5.88 Å². The average molecular weight is 380 g/mol. The Morgan fingerprint density at radius 3 is 2.75 bits per heavy atom. The molecule has 1 aromatic carbocycles. The number of rotatable bonds is 4. The molecule has 3 heterocycles. The minimum Gasteiger partial charge on any atom is -0.474 e. The van der Waals surface area contributed by atoms with Crippen molar-refractivity contribution >= 4 is 23.2 Å². The van der Waals surface area contributed by atoms with Crippen LogP contribution in [-0.4, -0.2) is 54.0 Å². The van der Waals surface area contributed by atoms with Gasteiger partial charge in [0.15, 0.2) is 0 Å². The van der Waals surface area contributed by atoms with E-state index in [1.54, 1.807) is 11.1 Å². The van der Waals surface area contributed by atoms with E-state index in [4.69, 9.17) is 4.74 Å². The first kappa shape index (κ1) is 18.4. The molecule has 0 atom stereocenters. The molecule has 0 bridgehead atoms. The lowest BCUT2D eigenvalue weighted by atomic mass is 10.1. The Morgan fingerprint density at radius 1 is 1.21 bits per heavy atom. The van der Waals surface area contributed by atoms with E-state index in [1.807, 2.05) is 43.3 Å². The largest absolute Gasteiger partial charge is 0.474 e. The Bertz CT molecular complexity index is 860. The number of nitrogens with zero attached hydrogens (tertiary/aromatic N) is 3. The number of benzene rings is 1. The van der Waals surface area contributed by atoms with Gasteiger partial charge in [-0.1, -0.05) is 18.2 Å². The fraction of sp³-hybridized carbons (Fsp3) is 0.381. The van der Waals surface area contributed by atoms with Gasteiger partial charge in [-0.2, -0.15) is 0 Å². The lowest BCUT2D eigenvalue weighted by Gasteiger charge is -2.34. The van der Waals surface area contributed by atoms with Crippen molar-refractivity contribution in [3.63, 3.8) is 0 Å². The maximum absolute atomic E-state index is 12.8. The number of anilines is 2. The first-order valence-corrected chi connectivity index (χ1v) is 9.59. The normalized spacial score (nSPS) is 17.8. The third kappa shape index (κ3) is 4.14. The first-order chi connectivity index (χ1) is 13.6. The highest BCUT2D eigenvalue weighted by Gasteiger charge is 2.29. The first-order valence-electron chi connectivity index (χ1n) is 9.59. The van der Waals surface area contributed by atoms with Crippen LogP contribution in [0.15, 0.2) is 42.6 Å². The van der Waals surface area contributed by atoms with Crippen LogP contribution in [0.4, 0.5) is 11.4 Å². The second-order valence-electron chi connectivity index (χ2n) is 7.31. The summed E-state index contributed by atoms with van der Waals surface area (Å²) in [5, 5.41) is 2.81. The van der Waals surface area contributed by atoms with Crippen LogP contribution in [0.3, 0.4) is 0 Å².